The van der Waals surface area contributed by atoms with E-state index in [1.54, 1.807) is 0 Å². The van der Waals surface area contributed by atoms with Crippen LogP contribution in [0.15, 0.2) is 200 Å². The Balaban J connectivity index is 1.12. The molecule has 0 unspecified atom stereocenters. The fourth-order valence-electron chi connectivity index (χ4n) is 11.0. The first-order valence-electron chi connectivity index (χ1n) is 19.5. The lowest BCUT2D eigenvalue weighted by atomic mass is 9.61. The molecule has 9 aromatic rings. The second-order valence-electron chi connectivity index (χ2n) is 15.5. The molecular formula is C53H33NOSi. The zero-order chi connectivity index (χ0) is 36.6. The monoisotopic (exact) mass is 727 g/mol. The third-order valence-corrected chi connectivity index (χ3v) is 18.0. The molecule has 9 aromatic carbocycles. The van der Waals surface area contributed by atoms with Crippen molar-refractivity contribution in [1.29, 1.82) is 0 Å². The van der Waals surface area contributed by atoms with Crippen molar-refractivity contribution in [3.63, 3.8) is 0 Å². The van der Waals surface area contributed by atoms with Gasteiger partial charge in [-0.05, 0) is 107 Å². The van der Waals surface area contributed by atoms with Gasteiger partial charge in [-0.15, -0.1) is 0 Å². The van der Waals surface area contributed by atoms with Crippen LogP contribution in [0.3, 0.4) is 0 Å². The number of ether oxygens (including phenoxy) is 1. The van der Waals surface area contributed by atoms with Crippen molar-refractivity contribution in [3.05, 3.63) is 222 Å². The fourth-order valence-corrected chi connectivity index (χ4v) is 16.7. The lowest BCUT2D eigenvalue weighted by molar-refractivity contribution is 0.434. The van der Waals surface area contributed by atoms with Crippen molar-refractivity contribution < 1.29 is 4.74 Å². The maximum atomic E-state index is 6.66. The molecule has 0 aromatic heterocycles. The Morgan fingerprint density at radius 1 is 0.357 bits per heavy atom. The number of para-hydroxylation sites is 4. The molecular weight excluding hydrogens is 695 g/mol. The number of hydrogen-bond acceptors (Lipinski definition) is 2. The average Bonchev–Trinajstić information content (AvgIpc) is 3.72. The molecule has 13 rings (SSSR count). The summed E-state index contributed by atoms with van der Waals surface area (Å²) >= 11 is 0. The molecule has 4 aliphatic heterocycles. The van der Waals surface area contributed by atoms with Gasteiger partial charge in [0.2, 0.25) is 0 Å². The number of fused-ring (bicyclic) bond motifs is 19. The Bertz CT molecular complexity index is 3020. The van der Waals surface area contributed by atoms with E-state index in [4.69, 9.17) is 4.74 Å². The summed E-state index contributed by atoms with van der Waals surface area (Å²) in [4.78, 5) is 2.53. The van der Waals surface area contributed by atoms with Gasteiger partial charge in [0.25, 0.3) is 0 Å². The van der Waals surface area contributed by atoms with Gasteiger partial charge < -0.3 is 9.64 Å². The van der Waals surface area contributed by atoms with Crippen LogP contribution in [0.5, 0.6) is 11.5 Å². The number of rotatable bonds is 1. The van der Waals surface area contributed by atoms with Crippen LogP contribution in [0.1, 0.15) is 22.3 Å². The minimum absolute atomic E-state index is 0.568. The topological polar surface area (TPSA) is 12.5 Å². The SMILES string of the molecule is c1ccc2c(c1)Oc1ccccc1C21c2ccccc2N(c2ccc3c(c2)[Si]2(c4ccccc4-c4ccccc42)c2cc4ccccc4cc2-3)c2ccccc21. The summed E-state index contributed by atoms with van der Waals surface area (Å²) in [5.74, 6) is 1.80. The first kappa shape index (κ1) is 30.4. The van der Waals surface area contributed by atoms with Crippen molar-refractivity contribution in [1.82, 2.24) is 0 Å². The Labute approximate surface area is 326 Å². The van der Waals surface area contributed by atoms with E-state index in [0.717, 1.165) is 11.5 Å². The van der Waals surface area contributed by atoms with Gasteiger partial charge in [-0.2, -0.15) is 0 Å². The molecule has 2 nitrogen and oxygen atoms in total. The second-order valence-corrected chi connectivity index (χ2v) is 19.2. The average molecular weight is 728 g/mol. The predicted octanol–water partition coefficient (Wildman–Crippen LogP) is 10.4. The maximum Gasteiger partial charge on any atom is 0.182 e. The molecule has 0 saturated heterocycles. The molecule has 56 heavy (non-hydrogen) atoms. The summed E-state index contributed by atoms with van der Waals surface area (Å²) in [7, 11) is -2.72. The maximum absolute atomic E-state index is 6.66. The molecule has 4 heterocycles. The number of hydrogen-bond donors (Lipinski definition) is 0. The molecule has 4 aliphatic rings. The molecule has 0 radical (unpaired) electrons. The van der Waals surface area contributed by atoms with Crippen LogP contribution in [0.2, 0.25) is 0 Å². The molecule has 260 valence electrons. The molecule has 0 N–H and O–H groups in total. The molecule has 0 atom stereocenters. The van der Waals surface area contributed by atoms with Crippen LogP contribution in [0.4, 0.5) is 17.1 Å². The molecule has 3 heteroatoms. The van der Waals surface area contributed by atoms with Crippen molar-refractivity contribution in [2.75, 3.05) is 4.90 Å². The van der Waals surface area contributed by atoms with E-state index in [9.17, 15) is 0 Å². The van der Waals surface area contributed by atoms with E-state index in [1.165, 1.54) is 93.1 Å². The van der Waals surface area contributed by atoms with Crippen molar-refractivity contribution in [3.8, 4) is 33.8 Å². The van der Waals surface area contributed by atoms with Gasteiger partial charge in [0.05, 0.1) is 16.8 Å². The van der Waals surface area contributed by atoms with E-state index < -0.39 is 13.5 Å². The van der Waals surface area contributed by atoms with Crippen LogP contribution in [0.25, 0.3) is 33.0 Å². The highest BCUT2D eigenvalue weighted by Gasteiger charge is 2.55. The summed E-state index contributed by atoms with van der Waals surface area (Å²) in [5, 5.41) is 8.52. The van der Waals surface area contributed by atoms with Crippen molar-refractivity contribution in [2.24, 2.45) is 0 Å². The highest BCUT2D eigenvalue weighted by atomic mass is 28.3. The summed E-state index contributed by atoms with van der Waals surface area (Å²) in [6.07, 6.45) is 0. The lowest BCUT2D eigenvalue weighted by Crippen LogP contribution is -2.70. The normalized spacial score (nSPS) is 15.2. The van der Waals surface area contributed by atoms with Crippen molar-refractivity contribution in [2.45, 2.75) is 5.41 Å². The fraction of sp³-hybridized carbons (Fsp3) is 0.0189. The third-order valence-electron chi connectivity index (χ3n) is 13.1. The minimum atomic E-state index is -2.72. The van der Waals surface area contributed by atoms with E-state index in [-0.39, 0.29) is 0 Å². The number of benzene rings is 9. The van der Waals surface area contributed by atoms with Gasteiger partial charge in [-0.1, -0.05) is 158 Å². The third kappa shape index (κ3) is 3.58. The largest absolute Gasteiger partial charge is 0.457 e. The smallest absolute Gasteiger partial charge is 0.182 e. The Hall–Kier alpha value is -6.94. The van der Waals surface area contributed by atoms with Crippen LogP contribution in [-0.2, 0) is 5.41 Å². The van der Waals surface area contributed by atoms with Gasteiger partial charge in [-0.25, -0.2) is 0 Å². The summed E-state index contributed by atoms with van der Waals surface area (Å²) < 4.78 is 6.66. The zero-order valence-corrected chi connectivity index (χ0v) is 31.4. The summed E-state index contributed by atoms with van der Waals surface area (Å²) in [6.45, 7) is 0. The molecule has 0 saturated carbocycles. The van der Waals surface area contributed by atoms with Gasteiger partial charge in [0.15, 0.2) is 8.07 Å². The molecule has 0 fully saturated rings. The first-order chi connectivity index (χ1) is 27.8. The van der Waals surface area contributed by atoms with Gasteiger partial charge >= 0.3 is 0 Å². The molecule has 0 bridgehead atoms. The highest BCUT2D eigenvalue weighted by Crippen LogP contribution is 2.62. The van der Waals surface area contributed by atoms with Crippen LogP contribution < -0.4 is 30.4 Å². The zero-order valence-electron chi connectivity index (χ0n) is 30.4. The van der Waals surface area contributed by atoms with Crippen LogP contribution in [0, 0.1) is 0 Å². The number of nitrogens with zero attached hydrogens (tertiary/aromatic N) is 1. The van der Waals surface area contributed by atoms with Gasteiger partial charge in [0.1, 0.15) is 11.5 Å². The quantitative estimate of drug-likeness (QED) is 0.156. The lowest BCUT2D eigenvalue weighted by Gasteiger charge is -2.48. The Morgan fingerprint density at radius 2 is 0.821 bits per heavy atom. The van der Waals surface area contributed by atoms with E-state index in [2.05, 4.69) is 205 Å². The van der Waals surface area contributed by atoms with Gasteiger partial charge in [-0.3, -0.25) is 0 Å². The molecule has 0 amide bonds. The first-order valence-corrected chi connectivity index (χ1v) is 21.5. The summed E-state index contributed by atoms with van der Waals surface area (Å²) in [6, 6.07) is 75.0. The molecule has 2 spiro atoms. The standard InChI is InChI=1S/C53H33NOSi/c1-2-16-35-32-51-40(31-34(35)15-1)39-30-29-36(33-52(39)56(51)49-27-13-3-17-37(49)38-18-4-14-28-50(38)56)54-45-23-9-5-19-41(45)53(42-20-6-10-24-46(42)54)43-21-7-11-25-47(43)55-48-26-12-8-22-44(48)53/h1-33H. The minimum Gasteiger partial charge on any atom is -0.457 e. The van der Waals surface area contributed by atoms with E-state index in [1.807, 2.05) is 0 Å². The van der Waals surface area contributed by atoms with Crippen molar-refractivity contribution >= 4 is 56.7 Å². The van der Waals surface area contributed by atoms with Crippen LogP contribution in [-0.4, -0.2) is 8.07 Å². The Kier molecular flexibility index (Phi) is 5.89. The van der Waals surface area contributed by atoms with Gasteiger partial charge in [0, 0.05) is 16.8 Å². The highest BCUT2D eigenvalue weighted by molar-refractivity contribution is 7.24. The summed E-state index contributed by atoms with van der Waals surface area (Å²) in [5.41, 5.74) is 13.3. The number of anilines is 3. The Morgan fingerprint density at radius 3 is 1.45 bits per heavy atom. The van der Waals surface area contributed by atoms with E-state index >= 15 is 0 Å². The van der Waals surface area contributed by atoms with Crippen LogP contribution >= 0.6 is 0 Å². The van der Waals surface area contributed by atoms with E-state index in [0.29, 0.717) is 0 Å². The predicted molar refractivity (Wildman–Crippen MR) is 232 cm³/mol. The second kappa shape index (κ2) is 10.8. The molecule has 0 aliphatic carbocycles.